The number of amides is 1. The van der Waals surface area contributed by atoms with Crippen molar-refractivity contribution in [2.75, 3.05) is 11.4 Å². The summed E-state index contributed by atoms with van der Waals surface area (Å²) in [5.74, 6) is 0.924. The van der Waals surface area contributed by atoms with Crippen LogP contribution in [-0.2, 0) is 6.42 Å². The van der Waals surface area contributed by atoms with Crippen LogP contribution in [0.1, 0.15) is 5.56 Å². The Bertz CT molecular complexity index is 787. The summed E-state index contributed by atoms with van der Waals surface area (Å²) in [5, 5.41) is 12.5. The normalized spacial score (nSPS) is 12.5. The van der Waals surface area contributed by atoms with E-state index in [9.17, 15) is 4.79 Å². The molecule has 1 aliphatic heterocycles. The van der Waals surface area contributed by atoms with Gasteiger partial charge in [-0.2, -0.15) is 0 Å². The van der Waals surface area contributed by atoms with Crippen LogP contribution in [0.25, 0.3) is 10.4 Å². The predicted molar refractivity (Wildman–Crippen MR) is 76.4 cm³/mol. The van der Waals surface area contributed by atoms with E-state index in [-0.39, 0.29) is 11.7 Å². The van der Waals surface area contributed by atoms with Gasteiger partial charge in [0.05, 0.1) is 5.69 Å². The number of fused-ring (bicyclic) bond motifs is 1. The van der Waals surface area contributed by atoms with Crippen molar-refractivity contribution in [3.05, 3.63) is 46.6 Å². The lowest BCUT2D eigenvalue weighted by atomic mass is 10.1. The van der Waals surface area contributed by atoms with Crippen molar-refractivity contribution < 1.29 is 14.6 Å². The molecule has 1 N–H and O–H groups in total. The molecule has 2 aromatic rings. The van der Waals surface area contributed by atoms with Gasteiger partial charge in [0, 0.05) is 17.5 Å². The van der Waals surface area contributed by atoms with Crippen molar-refractivity contribution >= 4 is 17.6 Å². The van der Waals surface area contributed by atoms with Gasteiger partial charge in [0.15, 0.2) is 0 Å². The molecule has 0 aliphatic carbocycles. The van der Waals surface area contributed by atoms with Gasteiger partial charge in [0.2, 0.25) is 5.88 Å². The van der Waals surface area contributed by atoms with Crippen molar-refractivity contribution in [2.24, 2.45) is 5.11 Å². The van der Waals surface area contributed by atoms with Crippen LogP contribution in [0.5, 0.6) is 11.6 Å². The smallest absolute Gasteiger partial charge is 0.411 e. The van der Waals surface area contributed by atoms with Crippen LogP contribution in [0.2, 0.25) is 0 Å². The van der Waals surface area contributed by atoms with E-state index < -0.39 is 6.09 Å². The number of carboxylic acid groups (broad SMARTS) is 1. The Hall–Kier alpha value is -3.32. The van der Waals surface area contributed by atoms with Gasteiger partial charge in [0.1, 0.15) is 17.9 Å². The fourth-order valence-corrected chi connectivity index (χ4v) is 2.25. The number of rotatable bonds is 3. The maximum Gasteiger partial charge on any atom is 0.411 e. The number of ether oxygens (including phenoxy) is 1. The zero-order chi connectivity index (χ0) is 15.5. The zero-order valence-corrected chi connectivity index (χ0v) is 11.2. The van der Waals surface area contributed by atoms with E-state index >= 15 is 0 Å². The molecule has 0 radical (unpaired) electrons. The van der Waals surface area contributed by atoms with Crippen LogP contribution in [0, 0.1) is 0 Å². The molecule has 1 amide bonds. The molecule has 0 atom stereocenters. The third kappa shape index (κ3) is 2.60. The molecule has 110 valence electrons. The third-order valence-corrected chi connectivity index (χ3v) is 3.17. The van der Waals surface area contributed by atoms with Crippen molar-refractivity contribution in [3.8, 4) is 11.6 Å². The number of nitrogens with zero attached hydrogens (tertiary/aromatic N) is 6. The zero-order valence-electron chi connectivity index (χ0n) is 11.2. The summed E-state index contributed by atoms with van der Waals surface area (Å²) in [6, 6.07) is 6.54. The minimum absolute atomic E-state index is 0.158. The van der Waals surface area contributed by atoms with Gasteiger partial charge < -0.3 is 9.84 Å². The van der Waals surface area contributed by atoms with Crippen molar-refractivity contribution in [1.29, 1.82) is 0 Å². The molecule has 0 unspecified atom stereocenters. The van der Waals surface area contributed by atoms with E-state index in [1.807, 2.05) is 0 Å². The van der Waals surface area contributed by atoms with Gasteiger partial charge in [-0.05, 0) is 40.8 Å². The molecule has 0 saturated carbocycles. The van der Waals surface area contributed by atoms with Gasteiger partial charge in [0.25, 0.3) is 0 Å². The molecule has 0 bridgehead atoms. The minimum atomic E-state index is -0.970. The molecule has 1 aromatic carbocycles. The number of anilines is 1. The van der Waals surface area contributed by atoms with Gasteiger partial charge >= 0.3 is 6.09 Å². The molecule has 9 heteroatoms. The van der Waals surface area contributed by atoms with Crippen LogP contribution < -0.4 is 9.64 Å². The number of carbonyl (C=O) groups is 1. The highest BCUT2D eigenvalue weighted by molar-refractivity contribution is 5.89. The average Bonchev–Trinajstić information content (AvgIpc) is 2.91. The van der Waals surface area contributed by atoms with Gasteiger partial charge in [-0.15, -0.1) is 0 Å². The van der Waals surface area contributed by atoms with Crippen LogP contribution in [-0.4, -0.2) is 27.7 Å². The SMILES string of the molecule is [N-]=[N+]=Nc1cc(Oc2ccc3c(c2)CCN3C(=O)O)ncn1. The summed E-state index contributed by atoms with van der Waals surface area (Å²) < 4.78 is 5.59. The van der Waals surface area contributed by atoms with E-state index in [1.165, 1.54) is 17.3 Å². The van der Waals surface area contributed by atoms with Crippen LogP contribution in [0.15, 0.2) is 35.7 Å². The second-order valence-electron chi connectivity index (χ2n) is 4.48. The van der Waals surface area contributed by atoms with E-state index in [1.54, 1.807) is 18.2 Å². The molecular formula is C13H10N6O3. The number of benzene rings is 1. The Morgan fingerprint density at radius 2 is 2.27 bits per heavy atom. The summed E-state index contributed by atoms with van der Waals surface area (Å²) in [4.78, 5) is 22.7. The van der Waals surface area contributed by atoms with Gasteiger partial charge in [-0.3, -0.25) is 4.90 Å². The lowest BCUT2D eigenvalue weighted by molar-refractivity contribution is 0.202. The largest absolute Gasteiger partial charge is 0.465 e. The predicted octanol–water partition coefficient (Wildman–Crippen LogP) is 3.25. The molecule has 0 fully saturated rings. The van der Waals surface area contributed by atoms with E-state index in [2.05, 4.69) is 20.0 Å². The molecule has 0 spiro atoms. The van der Waals surface area contributed by atoms with Crippen LogP contribution in [0.3, 0.4) is 0 Å². The topological polar surface area (TPSA) is 124 Å². The standard InChI is InChI=1S/C13H10N6O3/c14-18-17-11-6-12(16-7-15-11)22-9-1-2-10-8(5-9)3-4-19(10)13(20)21/h1-2,5-7H,3-4H2,(H,20,21). The van der Waals surface area contributed by atoms with Crippen LogP contribution in [0.4, 0.5) is 16.3 Å². The fourth-order valence-electron chi connectivity index (χ4n) is 2.25. The number of hydrogen-bond acceptors (Lipinski definition) is 5. The van der Waals surface area contributed by atoms with E-state index in [4.69, 9.17) is 15.4 Å². The van der Waals surface area contributed by atoms with Crippen LogP contribution >= 0.6 is 0 Å². The summed E-state index contributed by atoms with van der Waals surface area (Å²) in [6.07, 6.45) is 0.896. The highest BCUT2D eigenvalue weighted by Gasteiger charge is 2.24. The van der Waals surface area contributed by atoms with Crippen molar-refractivity contribution in [1.82, 2.24) is 9.97 Å². The summed E-state index contributed by atoms with van der Waals surface area (Å²) in [6.45, 7) is 0.433. The minimum Gasteiger partial charge on any atom is -0.465 e. The second-order valence-corrected chi connectivity index (χ2v) is 4.48. The lowest BCUT2D eigenvalue weighted by Gasteiger charge is -2.13. The Labute approximate surface area is 124 Å². The van der Waals surface area contributed by atoms with Gasteiger partial charge in [-0.25, -0.2) is 14.8 Å². The Morgan fingerprint density at radius 1 is 1.41 bits per heavy atom. The molecule has 2 heterocycles. The first kappa shape index (κ1) is 13.7. The maximum atomic E-state index is 11.1. The number of aromatic nitrogens is 2. The number of hydrogen-bond donors (Lipinski definition) is 1. The van der Waals surface area contributed by atoms with E-state index in [0.717, 1.165) is 5.56 Å². The maximum absolute atomic E-state index is 11.1. The molecule has 22 heavy (non-hydrogen) atoms. The molecule has 0 saturated heterocycles. The molecule has 1 aromatic heterocycles. The Morgan fingerprint density at radius 3 is 3.05 bits per heavy atom. The Balaban J connectivity index is 1.84. The highest BCUT2D eigenvalue weighted by atomic mass is 16.5. The first-order valence-corrected chi connectivity index (χ1v) is 6.36. The molecule has 1 aliphatic rings. The van der Waals surface area contributed by atoms with Crippen molar-refractivity contribution in [3.63, 3.8) is 0 Å². The van der Waals surface area contributed by atoms with Gasteiger partial charge in [-0.1, -0.05) is 0 Å². The van der Waals surface area contributed by atoms with Crippen molar-refractivity contribution in [2.45, 2.75) is 6.42 Å². The summed E-state index contributed by atoms with van der Waals surface area (Å²) in [7, 11) is 0. The monoisotopic (exact) mass is 298 g/mol. The second kappa shape index (κ2) is 5.58. The number of azide groups is 1. The first-order valence-electron chi connectivity index (χ1n) is 6.36. The molecule has 3 rings (SSSR count). The first-order chi connectivity index (χ1) is 10.7. The fraction of sp³-hybridized carbons (Fsp3) is 0.154. The lowest BCUT2D eigenvalue weighted by Crippen LogP contribution is -2.26. The average molecular weight is 298 g/mol. The highest BCUT2D eigenvalue weighted by Crippen LogP contribution is 2.32. The van der Waals surface area contributed by atoms with E-state index in [0.29, 0.717) is 24.4 Å². The molecular weight excluding hydrogens is 288 g/mol. The summed E-state index contributed by atoms with van der Waals surface area (Å²) >= 11 is 0. The summed E-state index contributed by atoms with van der Waals surface area (Å²) in [5.41, 5.74) is 9.94. The Kier molecular flexibility index (Phi) is 3.47. The molecule has 9 nitrogen and oxygen atoms in total. The third-order valence-electron chi connectivity index (χ3n) is 3.17. The quantitative estimate of drug-likeness (QED) is 0.529.